The van der Waals surface area contributed by atoms with Crippen molar-refractivity contribution in [1.29, 1.82) is 5.26 Å². The lowest BCUT2D eigenvalue weighted by Gasteiger charge is -2.36. The molecule has 0 saturated carbocycles. The third-order valence-corrected chi connectivity index (χ3v) is 6.06. The van der Waals surface area contributed by atoms with Gasteiger partial charge < -0.3 is 10.3 Å². The number of nitrogens with zero attached hydrogens (tertiary/aromatic N) is 4. The Morgan fingerprint density at radius 1 is 1.52 bits per heavy atom. The first-order valence-corrected chi connectivity index (χ1v) is 8.32. The summed E-state index contributed by atoms with van der Waals surface area (Å²) in [4.78, 5) is 4.14. The van der Waals surface area contributed by atoms with E-state index < -0.39 is 20.8 Å². The quantitative estimate of drug-likeness (QED) is 0.844. The van der Waals surface area contributed by atoms with Gasteiger partial charge in [-0.1, -0.05) is 12.1 Å². The van der Waals surface area contributed by atoms with E-state index in [4.69, 9.17) is 15.5 Å². The van der Waals surface area contributed by atoms with Gasteiger partial charge in [-0.15, -0.1) is 0 Å². The van der Waals surface area contributed by atoms with Gasteiger partial charge in [-0.25, -0.2) is 12.7 Å². The minimum atomic E-state index is -3.60. The maximum absolute atomic E-state index is 12.3. The standard InChI is InChI=1S/C12H19N5O3S/c1-3-10(8-13)21(18,19)17-6-4-12(14,5-7-17)11-15-9(2)20-16-11/h10H,3-7,14H2,1-2H3. The van der Waals surface area contributed by atoms with Crippen molar-refractivity contribution in [2.75, 3.05) is 13.1 Å². The summed E-state index contributed by atoms with van der Waals surface area (Å²) in [6, 6.07) is 1.84. The van der Waals surface area contributed by atoms with Gasteiger partial charge in [0, 0.05) is 20.0 Å². The summed E-state index contributed by atoms with van der Waals surface area (Å²) in [7, 11) is -3.60. The minimum absolute atomic E-state index is 0.255. The highest BCUT2D eigenvalue weighted by molar-refractivity contribution is 7.90. The fourth-order valence-electron chi connectivity index (χ4n) is 2.41. The van der Waals surface area contributed by atoms with E-state index in [0.29, 0.717) is 24.6 Å². The number of hydrogen-bond acceptors (Lipinski definition) is 7. The number of sulfonamides is 1. The van der Waals surface area contributed by atoms with Gasteiger partial charge >= 0.3 is 0 Å². The number of rotatable bonds is 4. The molecule has 0 amide bonds. The first-order valence-electron chi connectivity index (χ1n) is 6.82. The van der Waals surface area contributed by atoms with Crippen molar-refractivity contribution in [2.24, 2.45) is 5.73 Å². The van der Waals surface area contributed by atoms with E-state index >= 15 is 0 Å². The highest BCUT2D eigenvalue weighted by atomic mass is 32.2. The Bertz CT molecular complexity index is 640. The average Bonchev–Trinajstić information content (AvgIpc) is 2.88. The Labute approximate surface area is 124 Å². The second-order valence-electron chi connectivity index (χ2n) is 5.26. The Morgan fingerprint density at radius 3 is 2.57 bits per heavy atom. The molecule has 1 aliphatic heterocycles. The minimum Gasteiger partial charge on any atom is -0.340 e. The van der Waals surface area contributed by atoms with Crippen molar-refractivity contribution >= 4 is 10.0 Å². The van der Waals surface area contributed by atoms with Gasteiger partial charge in [0.1, 0.15) is 0 Å². The van der Waals surface area contributed by atoms with E-state index in [2.05, 4.69) is 10.1 Å². The molecule has 1 saturated heterocycles. The predicted octanol–water partition coefficient (Wildman–Crippen LogP) is 0.260. The van der Waals surface area contributed by atoms with Crippen LogP contribution in [0.1, 0.15) is 37.9 Å². The van der Waals surface area contributed by atoms with Crippen LogP contribution in [0.25, 0.3) is 0 Å². The highest BCUT2D eigenvalue weighted by Crippen LogP contribution is 2.30. The SMILES string of the molecule is CCC(C#N)S(=O)(=O)N1CCC(N)(c2noc(C)n2)CC1. The van der Waals surface area contributed by atoms with E-state index in [0.717, 1.165) is 0 Å². The topological polar surface area (TPSA) is 126 Å². The van der Waals surface area contributed by atoms with Crippen LogP contribution in [0, 0.1) is 18.3 Å². The molecule has 2 heterocycles. The van der Waals surface area contributed by atoms with Crippen molar-refractivity contribution < 1.29 is 12.9 Å². The molecule has 21 heavy (non-hydrogen) atoms. The number of piperidine rings is 1. The molecule has 0 aromatic carbocycles. The molecule has 1 aromatic rings. The summed E-state index contributed by atoms with van der Waals surface area (Å²) in [6.45, 7) is 3.87. The number of aryl methyl sites for hydroxylation is 1. The summed E-state index contributed by atoms with van der Waals surface area (Å²) in [5.74, 6) is 0.838. The smallest absolute Gasteiger partial charge is 0.230 e. The summed E-state index contributed by atoms with van der Waals surface area (Å²) in [5, 5.41) is 11.8. The molecular formula is C12H19N5O3S. The summed E-state index contributed by atoms with van der Waals surface area (Å²) < 4.78 is 30.9. The van der Waals surface area contributed by atoms with E-state index in [1.54, 1.807) is 13.8 Å². The Kier molecular flexibility index (Phi) is 4.32. The molecule has 0 spiro atoms. The van der Waals surface area contributed by atoms with Crippen LogP contribution >= 0.6 is 0 Å². The second-order valence-corrected chi connectivity index (χ2v) is 7.38. The molecule has 0 aliphatic carbocycles. The van der Waals surface area contributed by atoms with Crippen molar-refractivity contribution in [2.45, 2.75) is 43.9 Å². The molecule has 1 fully saturated rings. The molecule has 1 unspecified atom stereocenters. The van der Waals surface area contributed by atoms with Gasteiger partial charge in [-0.05, 0) is 19.3 Å². The van der Waals surface area contributed by atoms with Gasteiger partial charge in [0.2, 0.25) is 15.9 Å². The molecule has 2 rings (SSSR count). The number of aromatic nitrogens is 2. The van der Waals surface area contributed by atoms with E-state index in [-0.39, 0.29) is 19.5 Å². The molecule has 1 atom stereocenters. The van der Waals surface area contributed by atoms with Crippen molar-refractivity contribution in [3.05, 3.63) is 11.7 Å². The van der Waals surface area contributed by atoms with Gasteiger partial charge in [-0.3, -0.25) is 0 Å². The third-order valence-electron chi connectivity index (χ3n) is 3.82. The van der Waals surface area contributed by atoms with Crippen LogP contribution in [0.2, 0.25) is 0 Å². The zero-order chi connectivity index (χ0) is 15.7. The number of nitrogens with two attached hydrogens (primary N) is 1. The van der Waals surface area contributed by atoms with E-state index in [9.17, 15) is 8.42 Å². The Morgan fingerprint density at radius 2 is 2.14 bits per heavy atom. The maximum Gasteiger partial charge on any atom is 0.230 e. The summed E-state index contributed by atoms with van der Waals surface area (Å²) in [6.07, 6.45) is 1.06. The van der Waals surface area contributed by atoms with Crippen LogP contribution in [-0.4, -0.2) is 41.2 Å². The molecule has 1 aromatic heterocycles. The van der Waals surface area contributed by atoms with E-state index in [1.807, 2.05) is 6.07 Å². The van der Waals surface area contributed by atoms with Gasteiger partial charge in [0.15, 0.2) is 11.1 Å². The molecule has 1 aliphatic rings. The van der Waals surface area contributed by atoms with Gasteiger partial charge in [0.05, 0.1) is 11.6 Å². The van der Waals surface area contributed by atoms with Crippen LogP contribution in [0.5, 0.6) is 0 Å². The first kappa shape index (κ1) is 15.9. The fraction of sp³-hybridized carbons (Fsp3) is 0.750. The lowest BCUT2D eigenvalue weighted by molar-refractivity contribution is 0.222. The largest absolute Gasteiger partial charge is 0.340 e. The zero-order valence-corrected chi connectivity index (χ0v) is 12.9. The molecular weight excluding hydrogens is 294 g/mol. The lowest BCUT2D eigenvalue weighted by Crippen LogP contribution is -2.51. The van der Waals surface area contributed by atoms with Crippen LogP contribution < -0.4 is 5.73 Å². The number of nitriles is 1. The second kappa shape index (κ2) is 5.71. The fourth-order valence-corrected chi connectivity index (χ4v) is 4.02. The monoisotopic (exact) mass is 313 g/mol. The molecule has 8 nitrogen and oxygen atoms in total. The molecule has 0 bridgehead atoms. The van der Waals surface area contributed by atoms with Crippen LogP contribution in [0.4, 0.5) is 0 Å². The zero-order valence-electron chi connectivity index (χ0n) is 12.1. The Balaban J connectivity index is 2.12. The van der Waals surface area contributed by atoms with E-state index in [1.165, 1.54) is 4.31 Å². The first-order chi connectivity index (χ1) is 9.83. The predicted molar refractivity (Wildman–Crippen MR) is 74.3 cm³/mol. The Hall–Kier alpha value is -1.50. The lowest BCUT2D eigenvalue weighted by atomic mass is 9.89. The molecule has 9 heteroatoms. The average molecular weight is 313 g/mol. The van der Waals surface area contributed by atoms with Crippen LogP contribution in [0.15, 0.2) is 4.52 Å². The molecule has 0 radical (unpaired) electrons. The van der Waals surface area contributed by atoms with Gasteiger partial charge in [-0.2, -0.15) is 10.2 Å². The highest BCUT2D eigenvalue weighted by Gasteiger charge is 2.41. The van der Waals surface area contributed by atoms with Crippen molar-refractivity contribution in [1.82, 2.24) is 14.4 Å². The van der Waals surface area contributed by atoms with Gasteiger partial charge in [0.25, 0.3) is 0 Å². The maximum atomic E-state index is 12.3. The molecule has 2 N–H and O–H groups in total. The van der Waals surface area contributed by atoms with Crippen LogP contribution in [-0.2, 0) is 15.6 Å². The normalized spacial score (nSPS) is 20.9. The summed E-state index contributed by atoms with van der Waals surface area (Å²) >= 11 is 0. The third kappa shape index (κ3) is 2.92. The van der Waals surface area contributed by atoms with Crippen molar-refractivity contribution in [3.8, 4) is 6.07 Å². The number of hydrogen-bond donors (Lipinski definition) is 1. The summed E-state index contributed by atoms with van der Waals surface area (Å²) in [5.41, 5.74) is 5.49. The molecule has 116 valence electrons. The van der Waals surface area contributed by atoms with Crippen LogP contribution in [0.3, 0.4) is 0 Å². The van der Waals surface area contributed by atoms with Crippen molar-refractivity contribution in [3.63, 3.8) is 0 Å².